The molecule has 1 aliphatic rings. The standard InChI is InChI=1S/C13H25NO2.C9H10O2/c1-10-5-7-11(8-6-10)9-14-12(15)16-13(2,3)4;1-6-3-4-8(9(10)11)7(2)5-6/h10-11H,5-9H2,1-4H3,(H,14,15);3-5H,1-2H3,(H,10,11). The quantitative estimate of drug-likeness (QED) is 0.745. The Kier molecular flexibility index (Phi) is 8.80. The molecule has 5 nitrogen and oxygen atoms in total. The van der Waals surface area contributed by atoms with E-state index in [1.54, 1.807) is 19.1 Å². The maximum absolute atomic E-state index is 11.4. The fraction of sp³-hybridized carbons (Fsp3) is 0.636. The predicted molar refractivity (Wildman–Crippen MR) is 108 cm³/mol. The van der Waals surface area contributed by atoms with Crippen molar-refractivity contribution < 1.29 is 19.4 Å². The molecule has 0 aliphatic heterocycles. The van der Waals surface area contributed by atoms with Gasteiger partial charge in [-0.2, -0.15) is 0 Å². The van der Waals surface area contributed by atoms with E-state index >= 15 is 0 Å². The van der Waals surface area contributed by atoms with Crippen LogP contribution in [0.5, 0.6) is 0 Å². The molecule has 1 aromatic carbocycles. The fourth-order valence-electron chi connectivity index (χ4n) is 3.13. The average molecular weight is 378 g/mol. The first-order chi connectivity index (χ1) is 12.5. The van der Waals surface area contributed by atoms with Crippen molar-refractivity contribution in [2.75, 3.05) is 6.54 Å². The molecule has 152 valence electrons. The minimum Gasteiger partial charge on any atom is -0.478 e. The van der Waals surface area contributed by atoms with E-state index in [1.165, 1.54) is 25.7 Å². The van der Waals surface area contributed by atoms with Gasteiger partial charge in [0, 0.05) is 6.54 Å². The number of amides is 1. The molecule has 27 heavy (non-hydrogen) atoms. The third kappa shape index (κ3) is 9.45. The molecular formula is C22H35NO4. The lowest BCUT2D eigenvalue weighted by Crippen LogP contribution is -2.36. The topological polar surface area (TPSA) is 75.6 Å². The number of carboxylic acids is 1. The van der Waals surface area contributed by atoms with E-state index in [0.29, 0.717) is 11.5 Å². The largest absolute Gasteiger partial charge is 0.478 e. The van der Waals surface area contributed by atoms with Crippen molar-refractivity contribution in [3.05, 3.63) is 34.9 Å². The number of alkyl carbamates (subject to hydrolysis) is 1. The lowest BCUT2D eigenvalue weighted by molar-refractivity contribution is 0.0513. The summed E-state index contributed by atoms with van der Waals surface area (Å²) in [4.78, 5) is 22.0. The Bertz CT molecular complexity index is 626. The van der Waals surface area contributed by atoms with E-state index in [2.05, 4.69) is 12.2 Å². The Balaban J connectivity index is 0.000000289. The molecule has 0 saturated heterocycles. The zero-order chi connectivity index (χ0) is 20.6. The van der Waals surface area contributed by atoms with E-state index in [-0.39, 0.29) is 6.09 Å². The van der Waals surface area contributed by atoms with Crippen LogP contribution in [0.4, 0.5) is 4.79 Å². The third-order valence-corrected chi connectivity index (χ3v) is 4.68. The Morgan fingerprint density at radius 2 is 1.74 bits per heavy atom. The van der Waals surface area contributed by atoms with Crippen LogP contribution in [0.25, 0.3) is 0 Å². The van der Waals surface area contributed by atoms with Gasteiger partial charge in [-0.05, 0) is 70.9 Å². The molecule has 0 spiro atoms. The van der Waals surface area contributed by atoms with E-state index in [1.807, 2.05) is 33.8 Å². The van der Waals surface area contributed by atoms with Crippen molar-refractivity contribution in [2.24, 2.45) is 11.8 Å². The van der Waals surface area contributed by atoms with E-state index < -0.39 is 11.6 Å². The SMILES string of the molecule is CC1CCC(CNC(=O)OC(C)(C)C)CC1.Cc1ccc(C(=O)O)c(C)c1. The highest BCUT2D eigenvalue weighted by Gasteiger charge is 2.20. The number of ether oxygens (including phenoxy) is 1. The number of carbonyl (C=O) groups is 2. The second kappa shape index (κ2) is 10.3. The van der Waals surface area contributed by atoms with Gasteiger partial charge in [0.2, 0.25) is 0 Å². The van der Waals surface area contributed by atoms with Gasteiger partial charge in [0.15, 0.2) is 0 Å². The molecular weight excluding hydrogens is 342 g/mol. The number of aromatic carboxylic acids is 1. The summed E-state index contributed by atoms with van der Waals surface area (Å²) >= 11 is 0. The summed E-state index contributed by atoms with van der Waals surface area (Å²) in [7, 11) is 0. The van der Waals surface area contributed by atoms with Crippen molar-refractivity contribution in [1.82, 2.24) is 5.32 Å². The Morgan fingerprint density at radius 3 is 2.22 bits per heavy atom. The lowest BCUT2D eigenvalue weighted by Gasteiger charge is -2.27. The van der Waals surface area contributed by atoms with Crippen LogP contribution in [0, 0.1) is 25.7 Å². The van der Waals surface area contributed by atoms with Crippen LogP contribution in [-0.2, 0) is 4.74 Å². The van der Waals surface area contributed by atoms with Crippen molar-refractivity contribution in [3.8, 4) is 0 Å². The van der Waals surface area contributed by atoms with Gasteiger partial charge in [-0.25, -0.2) is 9.59 Å². The monoisotopic (exact) mass is 377 g/mol. The number of carbonyl (C=O) groups excluding carboxylic acids is 1. The zero-order valence-corrected chi connectivity index (χ0v) is 17.6. The molecule has 0 radical (unpaired) electrons. The molecule has 0 atom stereocenters. The van der Waals surface area contributed by atoms with Gasteiger partial charge in [0.25, 0.3) is 0 Å². The smallest absolute Gasteiger partial charge is 0.407 e. The Hall–Kier alpha value is -2.04. The number of rotatable bonds is 3. The van der Waals surface area contributed by atoms with E-state index in [0.717, 1.165) is 23.6 Å². The predicted octanol–water partition coefficient (Wildman–Crippen LogP) is 5.34. The van der Waals surface area contributed by atoms with Gasteiger partial charge < -0.3 is 15.2 Å². The summed E-state index contributed by atoms with van der Waals surface area (Å²) < 4.78 is 5.20. The third-order valence-electron chi connectivity index (χ3n) is 4.68. The first-order valence-corrected chi connectivity index (χ1v) is 9.75. The average Bonchev–Trinajstić information content (AvgIpc) is 2.53. The van der Waals surface area contributed by atoms with Crippen LogP contribution in [0.15, 0.2) is 18.2 Å². The first kappa shape index (κ1) is 23.0. The molecule has 1 fully saturated rings. The molecule has 1 saturated carbocycles. The van der Waals surface area contributed by atoms with Crippen LogP contribution in [-0.4, -0.2) is 29.3 Å². The van der Waals surface area contributed by atoms with Gasteiger partial charge in [-0.3, -0.25) is 0 Å². The van der Waals surface area contributed by atoms with E-state index in [4.69, 9.17) is 9.84 Å². The molecule has 0 bridgehead atoms. The maximum Gasteiger partial charge on any atom is 0.407 e. The van der Waals surface area contributed by atoms with Gasteiger partial charge in [-0.15, -0.1) is 0 Å². The molecule has 1 aromatic rings. The van der Waals surface area contributed by atoms with Gasteiger partial charge in [0.05, 0.1) is 5.56 Å². The molecule has 1 aliphatic carbocycles. The highest BCUT2D eigenvalue weighted by Crippen LogP contribution is 2.27. The van der Waals surface area contributed by atoms with Crippen LogP contribution < -0.4 is 5.32 Å². The van der Waals surface area contributed by atoms with Gasteiger partial charge in [-0.1, -0.05) is 37.5 Å². The molecule has 0 heterocycles. The van der Waals surface area contributed by atoms with Crippen molar-refractivity contribution >= 4 is 12.1 Å². The molecule has 0 unspecified atom stereocenters. The summed E-state index contributed by atoms with van der Waals surface area (Å²) in [5, 5.41) is 11.5. The van der Waals surface area contributed by atoms with Crippen molar-refractivity contribution in [3.63, 3.8) is 0 Å². The van der Waals surface area contributed by atoms with Crippen LogP contribution in [0.2, 0.25) is 0 Å². The molecule has 1 amide bonds. The number of nitrogens with one attached hydrogen (secondary N) is 1. The van der Waals surface area contributed by atoms with Gasteiger partial charge >= 0.3 is 12.1 Å². The molecule has 5 heteroatoms. The van der Waals surface area contributed by atoms with Crippen molar-refractivity contribution in [2.45, 2.75) is 72.8 Å². The highest BCUT2D eigenvalue weighted by molar-refractivity contribution is 5.89. The minimum absolute atomic E-state index is 0.286. The summed E-state index contributed by atoms with van der Waals surface area (Å²) in [6, 6.07) is 5.30. The van der Waals surface area contributed by atoms with Crippen LogP contribution in [0.3, 0.4) is 0 Å². The second-order valence-electron chi connectivity index (χ2n) is 8.63. The molecule has 2 rings (SSSR count). The van der Waals surface area contributed by atoms with E-state index in [9.17, 15) is 9.59 Å². The fourth-order valence-corrected chi connectivity index (χ4v) is 3.13. The second-order valence-corrected chi connectivity index (χ2v) is 8.63. The van der Waals surface area contributed by atoms with Gasteiger partial charge in [0.1, 0.15) is 5.60 Å². The molecule has 0 aromatic heterocycles. The zero-order valence-electron chi connectivity index (χ0n) is 17.6. The molecule has 2 N–H and O–H groups in total. The first-order valence-electron chi connectivity index (χ1n) is 9.75. The maximum atomic E-state index is 11.4. The summed E-state index contributed by atoms with van der Waals surface area (Å²) in [5.41, 5.74) is 1.89. The number of hydrogen-bond donors (Lipinski definition) is 2. The summed E-state index contributed by atoms with van der Waals surface area (Å²) in [6.07, 6.45) is 4.76. The number of hydrogen-bond acceptors (Lipinski definition) is 3. The van der Waals surface area contributed by atoms with Crippen LogP contribution in [0.1, 0.15) is 74.9 Å². The number of benzene rings is 1. The summed E-state index contributed by atoms with van der Waals surface area (Å²) in [5.74, 6) is 0.643. The highest BCUT2D eigenvalue weighted by atomic mass is 16.6. The lowest BCUT2D eigenvalue weighted by atomic mass is 9.83. The van der Waals surface area contributed by atoms with Crippen molar-refractivity contribution in [1.29, 1.82) is 0 Å². The Labute approximate surface area is 163 Å². The number of aryl methyl sites for hydroxylation is 2. The Morgan fingerprint density at radius 1 is 1.15 bits per heavy atom. The normalized spacial score (nSPS) is 19.5. The van der Waals surface area contributed by atoms with Crippen LogP contribution >= 0.6 is 0 Å². The number of carboxylic acid groups (broad SMARTS) is 1. The summed E-state index contributed by atoms with van der Waals surface area (Å²) in [6.45, 7) is 12.5. The minimum atomic E-state index is -0.859.